The Bertz CT molecular complexity index is 583. The SMILES string of the molecule is CN=C(NCC1(c2cccc(C(F)(F)F)c2)CC1)NC(C)COC. The molecule has 1 aromatic carbocycles. The lowest BCUT2D eigenvalue weighted by atomic mass is 9.94. The molecule has 0 saturated heterocycles. The number of rotatable bonds is 6. The lowest BCUT2D eigenvalue weighted by molar-refractivity contribution is -0.137. The van der Waals surface area contributed by atoms with Gasteiger partial charge < -0.3 is 15.4 Å². The molecule has 0 amide bonds. The molecule has 24 heavy (non-hydrogen) atoms. The standard InChI is InChI=1S/C17H24F3N3O/c1-12(10-24-3)23-15(21-2)22-11-16(7-8-16)13-5-4-6-14(9-13)17(18,19)20/h4-6,9,12H,7-8,10-11H2,1-3H3,(H2,21,22,23). The first-order valence-corrected chi connectivity index (χ1v) is 7.94. The van der Waals surface area contributed by atoms with Crippen LogP contribution in [0, 0.1) is 0 Å². The largest absolute Gasteiger partial charge is 0.416 e. The number of guanidine groups is 1. The van der Waals surface area contributed by atoms with E-state index in [1.54, 1.807) is 20.2 Å². The molecule has 2 N–H and O–H groups in total. The zero-order valence-electron chi connectivity index (χ0n) is 14.2. The van der Waals surface area contributed by atoms with Gasteiger partial charge in [-0.1, -0.05) is 18.2 Å². The highest BCUT2D eigenvalue weighted by molar-refractivity contribution is 5.80. The first-order chi connectivity index (χ1) is 11.3. The van der Waals surface area contributed by atoms with Crippen LogP contribution in [0.2, 0.25) is 0 Å². The van der Waals surface area contributed by atoms with Crippen LogP contribution in [0.3, 0.4) is 0 Å². The first-order valence-electron chi connectivity index (χ1n) is 7.94. The molecular weight excluding hydrogens is 319 g/mol. The maximum absolute atomic E-state index is 12.9. The molecule has 4 nitrogen and oxygen atoms in total. The van der Waals surface area contributed by atoms with Crippen LogP contribution in [-0.2, 0) is 16.3 Å². The minimum Gasteiger partial charge on any atom is -0.383 e. The van der Waals surface area contributed by atoms with Crippen molar-refractivity contribution in [2.24, 2.45) is 4.99 Å². The second kappa shape index (κ2) is 7.42. The van der Waals surface area contributed by atoms with Crippen LogP contribution >= 0.6 is 0 Å². The Morgan fingerprint density at radius 3 is 2.62 bits per heavy atom. The third kappa shape index (κ3) is 4.63. The zero-order chi connectivity index (χ0) is 17.8. The van der Waals surface area contributed by atoms with Crippen molar-refractivity contribution >= 4 is 5.96 Å². The van der Waals surface area contributed by atoms with Crippen molar-refractivity contribution in [1.29, 1.82) is 0 Å². The maximum Gasteiger partial charge on any atom is 0.416 e. The molecule has 1 aromatic rings. The van der Waals surface area contributed by atoms with Crippen LogP contribution in [-0.4, -0.2) is 39.3 Å². The average Bonchev–Trinajstić information content (AvgIpc) is 3.32. The summed E-state index contributed by atoms with van der Waals surface area (Å²) in [5.41, 5.74) is -0.115. The van der Waals surface area contributed by atoms with Gasteiger partial charge in [0, 0.05) is 32.2 Å². The quantitative estimate of drug-likeness (QED) is 0.617. The number of hydrogen-bond donors (Lipinski definition) is 2. The van der Waals surface area contributed by atoms with Crippen LogP contribution in [0.1, 0.15) is 30.9 Å². The number of alkyl halides is 3. The van der Waals surface area contributed by atoms with Crippen LogP contribution < -0.4 is 10.6 Å². The van der Waals surface area contributed by atoms with E-state index in [-0.39, 0.29) is 11.5 Å². The molecule has 0 spiro atoms. The van der Waals surface area contributed by atoms with Crippen molar-refractivity contribution in [2.75, 3.05) is 27.3 Å². The Kier molecular flexibility index (Phi) is 5.74. The van der Waals surface area contributed by atoms with Crippen molar-refractivity contribution < 1.29 is 17.9 Å². The molecule has 1 aliphatic carbocycles. The lowest BCUT2D eigenvalue weighted by Gasteiger charge is -2.22. The van der Waals surface area contributed by atoms with Crippen molar-refractivity contribution in [3.05, 3.63) is 35.4 Å². The molecule has 0 aromatic heterocycles. The Morgan fingerprint density at radius 2 is 2.08 bits per heavy atom. The third-order valence-corrected chi connectivity index (χ3v) is 4.27. The molecular formula is C17H24F3N3O. The summed E-state index contributed by atoms with van der Waals surface area (Å²) in [4.78, 5) is 4.15. The van der Waals surface area contributed by atoms with E-state index >= 15 is 0 Å². The first kappa shape index (κ1) is 18.6. The summed E-state index contributed by atoms with van der Waals surface area (Å²) in [6.45, 7) is 3.06. The van der Waals surface area contributed by atoms with E-state index in [4.69, 9.17) is 4.74 Å². The van der Waals surface area contributed by atoms with E-state index in [0.29, 0.717) is 19.1 Å². The van der Waals surface area contributed by atoms with Gasteiger partial charge in [0.1, 0.15) is 0 Å². The van der Waals surface area contributed by atoms with E-state index in [0.717, 1.165) is 24.5 Å². The number of hydrogen-bond acceptors (Lipinski definition) is 2. The highest BCUT2D eigenvalue weighted by Crippen LogP contribution is 2.48. The van der Waals surface area contributed by atoms with E-state index in [1.165, 1.54) is 12.1 Å². The number of nitrogens with zero attached hydrogens (tertiary/aromatic N) is 1. The summed E-state index contributed by atoms with van der Waals surface area (Å²) in [5, 5.41) is 6.41. The molecule has 1 unspecified atom stereocenters. The molecule has 7 heteroatoms. The Morgan fingerprint density at radius 1 is 1.38 bits per heavy atom. The van der Waals surface area contributed by atoms with Gasteiger partial charge in [-0.25, -0.2) is 0 Å². The van der Waals surface area contributed by atoms with Crippen molar-refractivity contribution in [1.82, 2.24) is 10.6 Å². The second-order valence-corrected chi connectivity index (χ2v) is 6.29. The molecule has 0 heterocycles. The number of benzene rings is 1. The highest BCUT2D eigenvalue weighted by Gasteiger charge is 2.45. The van der Waals surface area contributed by atoms with Gasteiger partial charge in [-0.2, -0.15) is 13.2 Å². The predicted molar refractivity (Wildman–Crippen MR) is 88.2 cm³/mol. The van der Waals surface area contributed by atoms with E-state index in [2.05, 4.69) is 15.6 Å². The fourth-order valence-corrected chi connectivity index (χ4v) is 2.72. The lowest BCUT2D eigenvalue weighted by Crippen LogP contribution is -2.46. The average molecular weight is 343 g/mol. The molecule has 1 atom stereocenters. The highest BCUT2D eigenvalue weighted by atomic mass is 19.4. The fraction of sp³-hybridized carbons (Fsp3) is 0.588. The smallest absolute Gasteiger partial charge is 0.383 e. The molecule has 0 aliphatic heterocycles. The fourth-order valence-electron chi connectivity index (χ4n) is 2.72. The Hall–Kier alpha value is -1.76. The van der Waals surface area contributed by atoms with Crippen LogP contribution in [0.25, 0.3) is 0 Å². The van der Waals surface area contributed by atoms with E-state index in [9.17, 15) is 13.2 Å². The molecule has 0 bridgehead atoms. The monoisotopic (exact) mass is 343 g/mol. The van der Waals surface area contributed by atoms with Gasteiger partial charge in [-0.15, -0.1) is 0 Å². The van der Waals surface area contributed by atoms with Crippen LogP contribution in [0.4, 0.5) is 13.2 Å². The van der Waals surface area contributed by atoms with E-state index < -0.39 is 11.7 Å². The molecule has 2 rings (SSSR count). The van der Waals surface area contributed by atoms with E-state index in [1.807, 2.05) is 6.92 Å². The second-order valence-electron chi connectivity index (χ2n) is 6.29. The summed E-state index contributed by atoms with van der Waals surface area (Å²) in [6, 6.07) is 5.71. The molecule has 134 valence electrons. The van der Waals surface area contributed by atoms with Crippen LogP contribution in [0.15, 0.2) is 29.3 Å². The predicted octanol–water partition coefficient (Wildman–Crippen LogP) is 2.94. The van der Waals surface area contributed by atoms with Gasteiger partial charge in [0.05, 0.1) is 12.2 Å². The van der Waals surface area contributed by atoms with Gasteiger partial charge in [-0.05, 0) is 31.4 Å². The topological polar surface area (TPSA) is 45.7 Å². The number of halogens is 3. The molecule has 1 fully saturated rings. The van der Waals surface area contributed by atoms with Gasteiger partial charge in [-0.3, -0.25) is 4.99 Å². The summed E-state index contributed by atoms with van der Waals surface area (Å²) < 4.78 is 43.8. The number of methoxy groups -OCH3 is 1. The molecule has 1 saturated carbocycles. The Labute approximate surface area is 140 Å². The van der Waals surface area contributed by atoms with Gasteiger partial charge >= 0.3 is 6.18 Å². The normalized spacial score (nSPS) is 18.2. The van der Waals surface area contributed by atoms with Gasteiger partial charge in [0.2, 0.25) is 0 Å². The van der Waals surface area contributed by atoms with Crippen molar-refractivity contribution in [3.8, 4) is 0 Å². The Balaban J connectivity index is 2.02. The van der Waals surface area contributed by atoms with Gasteiger partial charge in [0.25, 0.3) is 0 Å². The van der Waals surface area contributed by atoms with Crippen molar-refractivity contribution in [2.45, 2.75) is 37.4 Å². The number of nitrogens with one attached hydrogen (secondary N) is 2. The summed E-state index contributed by atoms with van der Waals surface area (Å²) in [7, 11) is 3.29. The summed E-state index contributed by atoms with van der Waals surface area (Å²) in [5.74, 6) is 0.623. The zero-order valence-corrected chi connectivity index (χ0v) is 14.2. The van der Waals surface area contributed by atoms with Crippen LogP contribution in [0.5, 0.6) is 0 Å². The summed E-state index contributed by atoms with van der Waals surface area (Å²) >= 11 is 0. The van der Waals surface area contributed by atoms with Crippen molar-refractivity contribution in [3.63, 3.8) is 0 Å². The summed E-state index contributed by atoms with van der Waals surface area (Å²) in [6.07, 6.45) is -2.58. The molecule has 0 radical (unpaired) electrons. The number of ether oxygens (including phenoxy) is 1. The minimum absolute atomic E-state index is 0.0879. The third-order valence-electron chi connectivity index (χ3n) is 4.27. The van der Waals surface area contributed by atoms with Gasteiger partial charge in [0.15, 0.2) is 5.96 Å². The minimum atomic E-state index is -4.31. The molecule has 1 aliphatic rings. The number of aliphatic imine (C=N–C) groups is 1. The maximum atomic E-state index is 12.9.